The lowest BCUT2D eigenvalue weighted by Gasteiger charge is -2.10. The van der Waals surface area contributed by atoms with Gasteiger partial charge in [-0.2, -0.15) is 0 Å². The molecule has 1 amide bonds. The Hall–Kier alpha value is -2.73. The minimum absolute atomic E-state index is 0.153. The van der Waals surface area contributed by atoms with Crippen LogP contribution in [-0.2, 0) is 4.79 Å². The number of nitrogens with one attached hydrogen (secondary N) is 2. The lowest BCUT2D eigenvalue weighted by molar-refractivity contribution is -0.111. The van der Waals surface area contributed by atoms with E-state index in [4.69, 9.17) is 0 Å². The second-order valence-corrected chi connectivity index (χ2v) is 6.31. The first-order valence-electron chi connectivity index (χ1n) is 7.90. The van der Waals surface area contributed by atoms with Crippen LogP contribution in [0.4, 0.5) is 17.2 Å². The van der Waals surface area contributed by atoms with E-state index in [0.717, 1.165) is 27.5 Å². The van der Waals surface area contributed by atoms with Gasteiger partial charge in [0.15, 0.2) is 0 Å². The molecule has 0 aliphatic carbocycles. The van der Waals surface area contributed by atoms with Gasteiger partial charge in [0.1, 0.15) is 12.1 Å². The summed E-state index contributed by atoms with van der Waals surface area (Å²) < 4.78 is 0.978. The van der Waals surface area contributed by atoms with Gasteiger partial charge in [0.05, 0.1) is 5.52 Å². The smallest absolute Gasteiger partial charge is 0.248 e. The number of aromatic nitrogens is 2. The van der Waals surface area contributed by atoms with Crippen molar-refractivity contribution in [2.24, 2.45) is 0 Å². The third kappa shape index (κ3) is 4.42. The second-order valence-electron chi connectivity index (χ2n) is 5.39. The van der Waals surface area contributed by atoms with Gasteiger partial charge in [-0.25, -0.2) is 9.97 Å². The molecule has 0 unspecified atom stereocenters. The third-order valence-electron chi connectivity index (χ3n) is 3.50. The molecule has 3 aromatic rings. The van der Waals surface area contributed by atoms with E-state index in [1.54, 1.807) is 0 Å². The summed E-state index contributed by atoms with van der Waals surface area (Å²) in [7, 11) is 0. The van der Waals surface area contributed by atoms with Gasteiger partial charge in [0, 0.05) is 21.2 Å². The molecular formula is C19H17BrN4O. The molecule has 6 heteroatoms. The van der Waals surface area contributed by atoms with E-state index < -0.39 is 0 Å². The topological polar surface area (TPSA) is 66.9 Å². The molecule has 0 fully saturated rings. The lowest BCUT2D eigenvalue weighted by Crippen LogP contribution is -2.07. The van der Waals surface area contributed by atoms with E-state index in [1.165, 1.54) is 12.4 Å². The quantitative estimate of drug-likeness (QED) is 0.592. The predicted molar refractivity (Wildman–Crippen MR) is 105 cm³/mol. The van der Waals surface area contributed by atoms with Crippen molar-refractivity contribution >= 4 is 49.9 Å². The largest absolute Gasteiger partial charge is 0.340 e. The molecule has 1 aromatic heterocycles. The lowest BCUT2D eigenvalue weighted by atomic mass is 10.2. The molecule has 126 valence electrons. The van der Waals surface area contributed by atoms with Crippen LogP contribution in [0, 0.1) is 0 Å². The van der Waals surface area contributed by atoms with Crippen molar-refractivity contribution in [3.63, 3.8) is 0 Å². The van der Waals surface area contributed by atoms with E-state index >= 15 is 0 Å². The molecular weight excluding hydrogens is 380 g/mol. The fourth-order valence-corrected chi connectivity index (χ4v) is 2.75. The van der Waals surface area contributed by atoms with Gasteiger partial charge < -0.3 is 10.6 Å². The SMILES string of the molecule is CC/C=C/C(=O)Nc1ccc2ncnc(Nc3cccc(Br)c3)c2c1. The Morgan fingerprint density at radius 1 is 1.16 bits per heavy atom. The number of carbonyl (C=O) groups is 1. The van der Waals surface area contributed by atoms with E-state index in [2.05, 4.69) is 36.5 Å². The van der Waals surface area contributed by atoms with E-state index in [1.807, 2.05) is 55.5 Å². The molecule has 1 heterocycles. The highest BCUT2D eigenvalue weighted by atomic mass is 79.9. The van der Waals surface area contributed by atoms with Crippen LogP contribution in [0.25, 0.3) is 10.9 Å². The van der Waals surface area contributed by atoms with Crippen molar-refractivity contribution in [1.82, 2.24) is 9.97 Å². The molecule has 5 nitrogen and oxygen atoms in total. The molecule has 0 aliphatic rings. The minimum Gasteiger partial charge on any atom is -0.340 e. The molecule has 3 rings (SSSR count). The van der Waals surface area contributed by atoms with Gasteiger partial charge in [-0.1, -0.05) is 35.0 Å². The van der Waals surface area contributed by atoms with Gasteiger partial charge >= 0.3 is 0 Å². The summed E-state index contributed by atoms with van der Waals surface area (Å²) in [6.45, 7) is 1.98. The molecule has 0 saturated carbocycles. The Morgan fingerprint density at radius 3 is 2.84 bits per heavy atom. The highest BCUT2D eigenvalue weighted by Gasteiger charge is 2.07. The van der Waals surface area contributed by atoms with Crippen LogP contribution >= 0.6 is 15.9 Å². The van der Waals surface area contributed by atoms with E-state index in [-0.39, 0.29) is 5.91 Å². The summed E-state index contributed by atoms with van der Waals surface area (Å²) in [4.78, 5) is 20.5. The summed E-state index contributed by atoms with van der Waals surface area (Å²) in [6.07, 6.45) is 5.69. The Bertz CT molecular complexity index is 940. The molecule has 2 N–H and O–H groups in total. The highest BCUT2D eigenvalue weighted by Crippen LogP contribution is 2.26. The van der Waals surface area contributed by atoms with Crippen molar-refractivity contribution in [2.45, 2.75) is 13.3 Å². The second kappa shape index (κ2) is 7.90. The third-order valence-corrected chi connectivity index (χ3v) is 3.99. The maximum atomic E-state index is 11.9. The molecule has 0 spiro atoms. The first-order valence-corrected chi connectivity index (χ1v) is 8.70. The molecule has 0 aliphatic heterocycles. The fraction of sp³-hybridized carbons (Fsp3) is 0.105. The fourth-order valence-electron chi connectivity index (χ4n) is 2.35. The van der Waals surface area contributed by atoms with Crippen molar-refractivity contribution in [2.75, 3.05) is 10.6 Å². The molecule has 0 bridgehead atoms. The van der Waals surface area contributed by atoms with Crippen molar-refractivity contribution < 1.29 is 4.79 Å². The normalized spacial score (nSPS) is 11.0. The predicted octanol–water partition coefficient (Wildman–Crippen LogP) is 5.04. The maximum absolute atomic E-state index is 11.9. The average Bonchev–Trinajstić information content (AvgIpc) is 2.60. The molecule has 25 heavy (non-hydrogen) atoms. The van der Waals surface area contributed by atoms with Crippen LogP contribution < -0.4 is 10.6 Å². The monoisotopic (exact) mass is 396 g/mol. The van der Waals surface area contributed by atoms with Crippen LogP contribution in [0.2, 0.25) is 0 Å². The van der Waals surface area contributed by atoms with Gasteiger partial charge in [0.2, 0.25) is 5.91 Å². The summed E-state index contributed by atoms with van der Waals surface area (Å²) in [5, 5.41) is 6.98. The number of fused-ring (bicyclic) bond motifs is 1. The first-order chi connectivity index (χ1) is 12.2. The number of hydrogen-bond acceptors (Lipinski definition) is 4. The van der Waals surface area contributed by atoms with Crippen LogP contribution in [0.15, 0.2) is 65.4 Å². The number of hydrogen-bond donors (Lipinski definition) is 2. The number of rotatable bonds is 5. The Kier molecular flexibility index (Phi) is 5.40. The van der Waals surface area contributed by atoms with E-state index in [0.29, 0.717) is 11.5 Å². The number of amides is 1. The van der Waals surface area contributed by atoms with Crippen molar-refractivity contribution in [3.05, 3.63) is 65.4 Å². The van der Waals surface area contributed by atoms with Crippen molar-refractivity contribution in [3.8, 4) is 0 Å². The zero-order valence-corrected chi connectivity index (χ0v) is 15.2. The maximum Gasteiger partial charge on any atom is 0.248 e. The molecule has 2 aromatic carbocycles. The minimum atomic E-state index is -0.153. The number of anilines is 3. The summed E-state index contributed by atoms with van der Waals surface area (Å²) in [5.41, 5.74) is 2.41. The number of carbonyl (C=O) groups excluding carboxylic acids is 1. The zero-order valence-electron chi connectivity index (χ0n) is 13.7. The van der Waals surface area contributed by atoms with Gasteiger partial charge in [-0.3, -0.25) is 4.79 Å². The number of nitrogens with zero attached hydrogens (tertiary/aromatic N) is 2. The Morgan fingerprint density at radius 2 is 2.04 bits per heavy atom. The van der Waals surface area contributed by atoms with Crippen LogP contribution in [0.1, 0.15) is 13.3 Å². The van der Waals surface area contributed by atoms with Crippen molar-refractivity contribution in [1.29, 1.82) is 0 Å². The summed E-state index contributed by atoms with van der Waals surface area (Å²) in [6, 6.07) is 13.4. The summed E-state index contributed by atoms with van der Waals surface area (Å²) in [5.74, 6) is 0.530. The highest BCUT2D eigenvalue weighted by molar-refractivity contribution is 9.10. The Balaban J connectivity index is 1.92. The van der Waals surface area contributed by atoms with Crippen LogP contribution in [0.5, 0.6) is 0 Å². The van der Waals surface area contributed by atoms with Gasteiger partial charge in [-0.15, -0.1) is 0 Å². The van der Waals surface area contributed by atoms with Crippen LogP contribution in [-0.4, -0.2) is 15.9 Å². The summed E-state index contributed by atoms with van der Waals surface area (Å²) >= 11 is 3.46. The molecule has 0 saturated heterocycles. The van der Waals surface area contributed by atoms with Crippen LogP contribution in [0.3, 0.4) is 0 Å². The van der Waals surface area contributed by atoms with Gasteiger partial charge in [-0.05, 0) is 48.9 Å². The van der Waals surface area contributed by atoms with E-state index in [9.17, 15) is 4.79 Å². The Labute approximate surface area is 154 Å². The molecule has 0 atom stereocenters. The first kappa shape index (κ1) is 17.1. The number of halogens is 1. The number of allylic oxidation sites excluding steroid dienone is 1. The zero-order chi connectivity index (χ0) is 17.6. The van der Waals surface area contributed by atoms with Gasteiger partial charge in [0.25, 0.3) is 0 Å². The molecule has 0 radical (unpaired) electrons. The number of benzene rings is 2. The standard InChI is InChI=1S/C19H17BrN4O/c1-2-3-7-18(25)23-15-8-9-17-16(11-15)19(22-12-21-17)24-14-6-4-5-13(20)10-14/h3-12H,2H2,1H3,(H,23,25)(H,21,22,24)/b7-3+. The average molecular weight is 397 g/mol.